The Hall–Kier alpha value is -1.76. The van der Waals surface area contributed by atoms with E-state index in [-0.39, 0.29) is 11.9 Å². The number of esters is 1. The lowest BCUT2D eigenvalue weighted by molar-refractivity contribution is -0.149. The van der Waals surface area contributed by atoms with Crippen LogP contribution in [0.25, 0.3) is 0 Å². The van der Waals surface area contributed by atoms with Crippen molar-refractivity contribution in [1.82, 2.24) is 4.90 Å². The van der Waals surface area contributed by atoms with E-state index in [9.17, 15) is 18.0 Å². The largest absolute Gasteiger partial charge is 0.464 e. The van der Waals surface area contributed by atoms with Gasteiger partial charge >= 0.3 is 12.1 Å². The van der Waals surface area contributed by atoms with Crippen LogP contribution >= 0.6 is 0 Å². The summed E-state index contributed by atoms with van der Waals surface area (Å²) in [5.74, 6) is -0.112. The van der Waals surface area contributed by atoms with Crippen molar-refractivity contribution in [2.75, 3.05) is 44.2 Å². The number of hydrogen-bond donors (Lipinski definition) is 0. The summed E-state index contributed by atoms with van der Waals surface area (Å²) in [6.07, 6.45) is -0.658. The third-order valence-electron chi connectivity index (χ3n) is 5.17. The molecule has 28 heavy (non-hydrogen) atoms. The molecule has 0 aliphatic carbocycles. The molecule has 0 radical (unpaired) electrons. The molecule has 0 amide bonds. The van der Waals surface area contributed by atoms with E-state index >= 15 is 0 Å². The fraction of sp³-hybridized carbons (Fsp3) is 0.667. The highest BCUT2D eigenvalue weighted by Crippen LogP contribution is 2.31. The molecule has 0 N–H and O–H groups in total. The quantitative estimate of drug-likeness (QED) is 0.568. The number of carbonyl (C=O) groups is 1. The Balaban J connectivity index is 1.76. The molecule has 1 aromatic carbocycles. The van der Waals surface area contributed by atoms with E-state index in [0.717, 1.165) is 44.8 Å². The van der Waals surface area contributed by atoms with Gasteiger partial charge in [-0.15, -0.1) is 0 Å². The molecule has 0 aromatic heterocycles. The van der Waals surface area contributed by atoms with Gasteiger partial charge in [0.25, 0.3) is 0 Å². The van der Waals surface area contributed by atoms with Gasteiger partial charge in [-0.25, -0.2) is 0 Å². The predicted octanol–water partition coefficient (Wildman–Crippen LogP) is 4.59. The Bertz CT molecular complexity index is 608. The van der Waals surface area contributed by atoms with Gasteiger partial charge in [0.2, 0.25) is 0 Å². The van der Waals surface area contributed by atoms with Gasteiger partial charge in [0.15, 0.2) is 0 Å². The zero-order valence-electron chi connectivity index (χ0n) is 16.8. The zero-order chi connectivity index (χ0) is 20.6. The summed E-state index contributed by atoms with van der Waals surface area (Å²) in [5, 5.41) is 0. The fourth-order valence-corrected chi connectivity index (χ4v) is 3.58. The van der Waals surface area contributed by atoms with Crippen LogP contribution in [-0.2, 0) is 15.7 Å². The molecule has 7 heteroatoms. The van der Waals surface area contributed by atoms with E-state index < -0.39 is 11.7 Å². The van der Waals surface area contributed by atoms with E-state index in [0.29, 0.717) is 31.9 Å². The van der Waals surface area contributed by atoms with Crippen LogP contribution in [0.5, 0.6) is 0 Å². The van der Waals surface area contributed by atoms with Crippen molar-refractivity contribution in [3.63, 3.8) is 0 Å². The van der Waals surface area contributed by atoms with Crippen LogP contribution in [0, 0.1) is 5.92 Å². The van der Waals surface area contributed by atoms with Crippen molar-refractivity contribution in [2.24, 2.45) is 5.92 Å². The Labute approximate surface area is 165 Å². The molecule has 0 bridgehead atoms. The van der Waals surface area contributed by atoms with E-state index in [2.05, 4.69) is 18.7 Å². The van der Waals surface area contributed by atoms with Crippen LogP contribution in [0.15, 0.2) is 24.3 Å². The van der Waals surface area contributed by atoms with Crippen LogP contribution in [-0.4, -0.2) is 50.2 Å². The molecule has 0 spiro atoms. The lowest BCUT2D eigenvalue weighted by Gasteiger charge is -2.36. The maximum Gasteiger partial charge on any atom is 0.416 e. The van der Waals surface area contributed by atoms with Crippen molar-refractivity contribution >= 4 is 11.7 Å². The molecule has 1 aliphatic heterocycles. The lowest BCUT2D eigenvalue weighted by Crippen LogP contribution is -2.47. The smallest absolute Gasteiger partial charge is 0.416 e. The van der Waals surface area contributed by atoms with Gasteiger partial charge in [0.1, 0.15) is 6.61 Å². The summed E-state index contributed by atoms with van der Waals surface area (Å²) in [7, 11) is 0. The monoisotopic (exact) mass is 400 g/mol. The summed E-state index contributed by atoms with van der Waals surface area (Å²) in [6.45, 7) is 7.95. The number of halogens is 3. The standard InChI is InChI=1S/C21H31F3N2O2/c1-3-6-17(7-4-2)20(27)28-15-14-25-10-12-26(13-11-25)19-9-5-8-18(16-19)21(22,23)24/h5,8-9,16-17H,3-4,6-7,10-15H2,1-2H3. The van der Waals surface area contributed by atoms with Gasteiger partial charge in [0, 0.05) is 38.4 Å². The summed E-state index contributed by atoms with van der Waals surface area (Å²) in [6, 6.07) is 5.47. The molecule has 1 heterocycles. The first kappa shape index (κ1) is 22.5. The molecule has 1 saturated heterocycles. The minimum absolute atomic E-state index is 0.00671. The third-order valence-corrected chi connectivity index (χ3v) is 5.17. The highest BCUT2D eigenvalue weighted by Gasteiger charge is 2.31. The van der Waals surface area contributed by atoms with Gasteiger partial charge in [-0.05, 0) is 31.0 Å². The molecule has 158 valence electrons. The van der Waals surface area contributed by atoms with E-state index in [1.807, 2.05) is 4.90 Å². The Morgan fingerprint density at radius 1 is 1.11 bits per heavy atom. The molecule has 4 nitrogen and oxygen atoms in total. The normalized spacial score (nSPS) is 15.9. The molecule has 2 rings (SSSR count). The van der Waals surface area contributed by atoms with Crippen molar-refractivity contribution in [1.29, 1.82) is 0 Å². The minimum atomic E-state index is -4.32. The van der Waals surface area contributed by atoms with E-state index in [4.69, 9.17) is 4.74 Å². The van der Waals surface area contributed by atoms with Crippen molar-refractivity contribution in [3.8, 4) is 0 Å². The maximum atomic E-state index is 12.9. The van der Waals surface area contributed by atoms with Gasteiger partial charge in [-0.3, -0.25) is 9.69 Å². The van der Waals surface area contributed by atoms with Crippen LogP contribution < -0.4 is 4.90 Å². The average Bonchev–Trinajstić information content (AvgIpc) is 2.68. The number of carbonyl (C=O) groups excluding carboxylic acids is 1. The Morgan fingerprint density at radius 3 is 2.32 bits per heavy atom. The second kappa shape index (κ2) is 10.7. The second-order valence-corrected chi connectivity index (χ2v) is 7.32. The molecular weight excluding hydrogens is 369 g/mol. The van der Waals surface area contributed by atoms with Gasteiger partial charge in [-0.2, -0.15) is 13.2 Å². The first-order valence-corrected chi connectivity index (χ1v) is 10.2. The van der Waals surface area contributed by atoms with Crippen LogP contribution in [0.3, 0.4) is 0 Å². The number of anilines is 1. The number of ether oxygens (including phenoxy) is 1. The third kappa shape index (κ3) is 6.69. The molecule has 1 aliphatic rings. The second-order valence-electron chi connectivity index (χ2n) is 7.32. The predicted molar refractivity (Wildman–Crippen MR) is 104 cm³/mol. The SMILES string of the molecule is CCCC(CCC)C(=O)OCCN1CCN(c2cccc(C(F)(F)F)c2)CC1. The number of benzene rings is 1. The number of piperazine rings is 1. The number of hydrogen-bond acceptors (Lipinski definition) is 4. The maximum absolute atomic E-state index is 12.9. The average molecular weight is 400 g/mol. The highest BCUT2D eigenvalue weighted by molar-refractivity contribution is 5.72. The Kier molecular flexibility index (Phi) is 8.60. The number of rotatable bonds is 9. The first-order chi connectivity index (χ1) is 13.3. The van der Waals surface area contributed by atoms with Crippen LogP contribution in [0.1, 0.15) is 45.1 Å². The van der Waals surface area contributed by atoms with E-state index in [1.54, 1.807) is 6.07 Å². The van der Waals surface area contributed by atoms with Crippen LogP contribution in [0.2, 0.25) is 0 Å². The van der Waals surface area contributed by atoms with Gasteiger partial charge < -0.3 is 9.64 Å². The molecular formula is C21H31F3N2O2. The van der Waals surface area contributed by atoms with Gasteiger partial charge in [0.05, 0.1) is 11.5 Å². The van der Waals surface area contributed by atoms with Crippen molar-refractivity contribution < 1.29 is 22.7 Å². The first-order valence-electron chi connectivity index (χ1n) is 10.2. The molecule has 0 saturated carbocycles. The fourth-order valence-electron chi connectivity index (χ4n) is 3.58. The molecule has 1 fully saturated rings. The summed E-state index contributed by atoms with van der Waals surface area (Å²) in [5.41, 5.74) is -0.0177. The van der Waals surface area contributed by atoms with Crippen molar-refractivity contribution in [2.45, 2.75) is 45.7 Å². The summed E-state index contributed by atoms with van der Waals surface area (Å²) >= 11 is 0. The van der Waals surface area contributed by atoms with Gasteiger partial charge in [-0.1, -0.05) is 32.8 Å². The minimum Gasteiger partial charge on any atom is -0.464 e. The van der Waals surface area contributed by atoms with Crippen LogP contribution in [0.4, 0.5) is 18.9 Å². The topological polar surface area (TPSA) is 32.8 Å². The number of nitrogens with zero attached hydrogens (tertiary/aromatic N) is 2. The molecule has 0 unspecified atom stereocenters. The summed E-state index contributed by atoms with van der Waals surface area (Å²) < 4.78 is 44.1. The molecule has 0 atom stereocenters. The molecule has 1 aromatic rings. The highest BCUT2D eigenvalue weighted by atomic mass is 19.4. The number of alkyl halides is 3. The van der Waals surface area contributed by atoms with Crippen molar-refractivity contribution in [3.05, 3.63) is 29.8 Å². The Morgan fingerprint density at radius 2 is 1.75 bits per heavy atom. The zero-order valence-corrected chi connectivity index (χ0v) is 16.8. The van der Waals surface area contributed by atoms with E-state index in [1.165, 1.54) is 12.1 Å². The lowest BCUT2D eigenvalue weighted by atomic mass is 9.99. The summed E-state index contributed by atoms with van der Waals surface area (Å²) in [4.78, 5) is 16.3.